The summed E-state index contributed by atoms with van der Waals surface area (Å²) >= 11 is 0. The monoisotopic (exact) mass is 352 g/mol. The Morgan fingerprint density at radius 3 is 2.65 bits per heavy atom. The fourth-order valence-corrected chi connectivity index (χ4v) is 3.29. The number of phenolic OH excluding ortho intramolecular Hbond substituents is 1. The molecule has 0 amide bonds. The van der Waals surface area contributed by atoms with Gasteiger partial charge in [-0.3, -0.25) is 0 Å². The summed E-state index contributed by atoms with van der Waals surface area (Å²) in [6, 6.07) is 6.63. The summed E-state index contributed by atoms with van der Waals surface area (Å²) < 4.78 is 16.1. The van der Waals surface area contributed by atoms with Gasteiger partial charge in [0.05, 0.1) is 12.7 Å². The number of hydrogen-bond acceptors (Lipinski definition) is 5. The summed E-state index contributed by atoms with van der Waals surface area (Å²) in [6.07, 6.45) is 6.28. The molecule has 2 aromatic rings. The van der Waals surface area contributed by atoms with Crippen molar-refractivity contribution in [1.82, 2.24) is 0 Å². The molecule has 132 valence electrons. The first kappa shape index (κ1) is 16.1. The van der Waals surface area contributed by atoms with Gasteiger partial charge in [-0.15, -0.1) is 0 Å². The van der Waals surface area contributed by atoms with Gasteiger partial charge in [-0.1, -0.05) is 24.3 Å². The van der Waals surface area contributed by atoms with Gasteiger partial charge in [-0.2, -0.15) is 0 Å². The molecule has 2 aromatic carbocycles. The number of allylic oxidation sites excluding steroid dienone is 4. The van der Waals surface area contributed by atoms with Gasteiger partial charge in [-0.25, -0.2) is 4.79 Å². The van der Waals surface area contributed by atoms with Crippen molar-refractivity contribution in [3.63, 3.8) is 0 Å². The van der Waals surface area contributed by atoms with E-state index in [9.17, 15) is 15.0 Å². The van der Waals surface area contributed by atoms with Crippen LogP contribution in [-0.4, -0.2) is 30.1 Å². The summed E-state index contributed by atoms with van der Waals surface area (Å²) in [7, 11) is 1.44. The maximum Gasteiger partial charge on any atom is 0.337 e. The lowest BCUT2D eigenvalue weighted by molar-refractivity contribution is 0.0696. The molecule has 6 nitrogen and oxygen atoms in total. The number of carboxylic acids is 1. The Labute approximate surface area is 149 Å². The van der Waals surface area contributed by atoms with Gasteiger partial charge >= 0.3 is 5.97 Å². The molecule has 1 aliphatic carbocycles. The standard InChI is InChI=1S/C20H16O6/c1-24-16-9-13(21)17(11-4-2-3-5-11)19(20(22)23)18(16)12-6-7-14-15(8-12)26-10-25-14/h2,4-9,21H,3,10H2,1H3,(H,22,23). The highest BCUT2D eigenvalue weighted by atomic mass is 16.7. The molecule has 0 saturated heterocycles. The first-order valence-electron chi connectivity index (χ1n) is 8.04. The molecular weight excluding hydrogens is 336 g/mol. The Balaban J connectivity index is 2.02. The van der Waals surface area contributed by atoms with Gasteiger partial charge in [0.25, 0.3) is 0 Å². The van der Waals surface area contributed by atoms with Crippen LogP contribution in [0.5, 0.6) is 23.0 Å². The second-order valence-electron chi connectivity index (χ2n) is 5.89. The molecule has 6 heteroatoms. The predicted octanol–water partition coefficient (Wildman–Crippen LogP) is 3.84. The van der Waals surface area contributed by atoms with Crippen molar-refractivity contribution in [3.05, 3.63) is 53.6 Å². The number of phenols is 1. The van der Waals surface area contributed by atoms with Crippen LogP contribution >= 0.6 is 0 Å². The number of methoxy groups -OCH3 is 1. The Bertz CT molecular complexity index is 971. The van der Waals surface area contributed by atoms with E-state index in [0.717, 1.165) is 0 Å². The van der Waals surface area contributed by atoms with E-state index in [4.69, 9.17) is 14.2 Å². The molecular formula is C20H16O6. The third kappa shape index (κ3) is 2.47. The maximum absolute atomic E-state index is 12.2. The van der Waals surface area contributed by atoms with Crippen molar-refractivity contribution < 1.29 is 29.2 Å². The molecule has 26 heavy (non-hydrogen) atoms. The van der Waals surface area contributed by atoms with Gasteiger partial charge in [0.2, 0.25) is 6.79 Å². The highest BCUT2D eigenvalue weighted by Gasteiger charge is 2.27. The summed E-state index contributed by atoms with van der Waals surface area (Å²) in [6.45, 7) is 0.125. The molecule has 2 aliphatic rings. The first-order valence-corrected chi connectivity index (χ1v) is 8.04. The zero-order chi connectivity index (χ0) is 18.3. The molecule has 1 aliphatic heterocycles. The molecule has 0 unspecified atom stereocenters. The van der Waals surface area contributed by atoms with Crippen molar-refractivity contribution in [2.75, 3.05) is 13.9 Å². The van der Waals surface area contributed by atoms with Gasteiger partial charge in [0.15, 0.2) is 11.5 Å². The molecule has 0 bridgehead atoms. The number of aromatic hydroxyl groups is 1. The van der Waals surface area contributed by atoms with Crippen molar-refractivity contribution in [2.45, 2.75) is 6.42 Å². The number of aromatic carboxylic acids is 1. The number of benzene rings is 2. The largest absolute Gasteiger partial charge is 0.507 e. The lowest BCUT2D eigenvalue weighted by Crippen LogP contribution is -2.07. The zero-order valence-electron chi connectivity index (χ0n) is 14.0. The van der Waals surface area contributed by atoms with E-state index in [1.807, 2.05) is 12.2 Å². The lowest BCUT2D eigenvalue weighted by Gasteiger charge is -2.18. The minimum absolute atomic E-state index is 0.0153. The van der Waals surface area contributed by atoms with E-state index in [2.05, 4.69) is 0 Å². The van der Waals surface area contributed by atoms with E-state index in [1.54, 1.807) is 24.3 Å². The second kappa shape index (κ2) is 6.15. The third-order valence-corrected chi connectivity index (χ3v) is 4.43. The Morgan fingerprint density at radius 1 is 1.15 bits per heavy atom. The Morgan fingerprint density at radius 2 is 1.96 bits per heavy atom. The molecule has 0 saturated carbocycles. The molecule has 0 radical (unpaired) electrons. The van der Waals surface area contributed by atoms with Crippen LogP contribution in [-0.2, 0) is 0 Å². The highest BCUT2D eigenvalue weighted by Crippen LogP contribution is 2.46. The SMILES string of the molecule is COc1cc(O)c(C2=CCC=C2)c(C(=O)O)c1-c1ccc2c(c1)OCO2. The summed E-state index contributed by atoms with van der Waals surface area (Å²) in [5, 5.41) is 20.4. The maximum atomic E-state index is 12.2. The van der Waals surface area contributed by atoms with Crippen LogP contribution in [0.15, 0.2) is 42.5 Å². The minimum atomic E-state index is -1.15. The number of carboxylic acid groups (broad SMARTS) is 1. The Kier molecular flexibility index (Phi) is 3.80. The summed E-state index contributed by atoms with van der Waals surface area (Å²) in [5.41, 5.74) is 1.92. The molecule has 0 aromatic heterocycles. The average Bonchev–Trinajstić information content (AvgIpc) is 3.31. The van der Waals surface area contributed by atoms with Crippen LogP contribution in [0.1, 0.15) is 22.3 Å². The van der Waals surface area contributed by atoms with Crippen molar-refractivity contribution >= 4 is 11.5 Å². The minimum Gasteiger partial charge on any atom is -0.507 e. The summed E-state index contributed by atoms with van der Waals surface area (Å²) in [5.74, 6) is 0.121. The predicted molar refractivity (Wildman–Crippen MR) is 94.9 cm³/mol. The zero-order valence-corrected chi connectivity index (χ0v) is 14.0. The molecule has 2 N–H and O–H groups in total. The molecule has 0 fully saturated rings. The van der Waals surface area contributed by atoms with Gasteiger partial charge in [0, 0.05) is 17.2 Å². The van der Waals surface area contributed by atoms with Gasteiger partial charge in [-0.05, 0) is 29.7 Å². The third-order valence-electron chi connectivity index (χ3n) is 4.43. The van der Waals surface area contributed by atoms with E-state index in [-0.39, 0.29) is 29.4 Å². The molecule has 0 atom stereocenters. The molecule has 0 spiro atoms. The van der Waals surface area contributed by atoms with Crippen LogP contribution < -0.4 is 14.2 Å². The van der Waals surface area contributed by atoms with E-state index >= 15 is 0 Å². The van der Waals surface area contributed by atoms with Crippen molar-refractivity contribution in [1.29, 1.82) is 0 Å². The van der Waals surface area contributed by atoms with E-state index < -0.39 is 5.97 Å². The van der Waals surface area contributed by atoms with Crippen LogP contribution in [0.3, 0.4) is 0 Å². The molecule has 1 heterocycles. The normalized spacial score (nSPS) is 14.4. The smallest absolute Gasteiger partial charge is 0.337 e. The summed E-state index contributed by atoms with van der Waals surface area (Å²) in [4.78, 5) is 12.2. The fraction of sp³-hybridized carbons (Fsp3) is 0.150. The number of rotatable bonds is 4. The van der Waals surface area contributed by atoms with Crippen molar-refractivity contribution in [2.24, 2.45) is 0 Å². The number of carbonyl (C=O) groups is 1. The first-order chi connectivity index (χ1) is 12.6. The van der Waals surface area contributed by atoms with Crippen LogP contribution in [0.2, 0.25) is 0 Å². The Hall–Kier alpha value is -3.41. The van der Waals surface area contributed by atoms with E-state index in [0.29, 0.717) is 34.6 Å². The van der Waals surface area contributed by atoms with Crippen molar-refractivity contribution in [3.8, 4) is 34.1 Å². The van der Waals surface area contributed by atoms with Gasteiger partial charge in [0.1, 0.15) is 11.5 Å². The van der Waals surface area contributed by atoms with Crippen LogP contribution in [0.25, 0.3) is 16.7 Å². The number of hydrogen-bond donors (Lipinski definition) is 2. The lowest BCUT2D eigenvalue weighted by atomic mass is 9.90. The number of ether oxygens (including phenoxy) is 3. The topological polar surface area (TPSA) is 85.2 Å². The van der Waals surface area contributed by atoms with Crippen LogP contribution in [0.4, 0.5) is 0 Å². The average molecular weight is 352 g/mol. The number of fused-ring (bicyclic) bond motifs is 1. The van der Waals surface area contributed by atoms with E-state index in [1.165, 1.54) is 13.2 Å². The van der Waals surface area contributed by atoms with Gasteiger partial charge < -0.3 is 24.4 Å². The molecule has 4 rings (SSSR count). The second-order valence-corrected chi connectivity index (χ2v) is 5.89. The quantitative estimate of drug-likeness (QED) is 0.870. The van der Waals surface area contributed by atoms with Crippen LogP contribution in [0, 0.1) is 0 Å². The fourth-order valence-electron chi connectivity index (χ4n) is 3.29. The highest BCUT2D eigenvalue weighted by molar-refractivity contribution is 6.05.